The van der Waals surface area contributed by atoms with Crippen LogP contribution in [0, 0.1) is 23.4 Å². The Balaban J connectivity index is 1.97. The first kappa shape index (κ1) is 14.4. The molecule has 4 rings (SSSR count). The number of H-pyrrole nitrogens is 1. The second kappa shape index (κ2) is 5.15. The molecule has 0 atom stereocenters. The number of aromatic nitrogens is 1. The molecule has 1 aliphatic rings. The molecule has 0 unspecified atom stereocenters. The number of hydrogen-bond acceptors (Lipinski definition) is 0. The van der Waals surface area contributed by atoms with Crippen LogP contribution in [-0.4, -0.2) is 4.98 Å². The van der Waals surface area contributed by atoms with Crippen molar-refractivity contribution in [2.24, 2.45) is 5.92 Å². The zero-order chi connectivity index (χ0) is 16.1. The Labute approximate surface area is 132 Å². The van der Waals surface area contributed by atoms with Crippen LogP contribution in [0.3, 0.4) is 0 Å². The van der Waals surface area contributed by atoms with E-state index in [1.807, 2.05) is 0 Å². The Morgan fingerprint density at radius 2 is 1.65 bits per heavy atom. The van der Waals surface area contributed by atoms with Crippen LogP contribution < -0.4 is 0 Å². The van der Waals surface area contributed by atoms with Crippen molar-refractivity contribution >= 4 is 10.9 Å². The number of rotatable bonds is 2. The van der Waals surface area contributed by atoms with Gasteiger partial charge in [0, 0.05) is 11.5 Å². The second-order valence-corrected chi connectivity index (χ2v) is 6.50. The number of halogens is 3. The van der Waals surface area contributed by atoms with Crippen molar-refractivity contribution in [1.29, 1.82) is 0 Å². The van der Waals surface area contributed by atoms with Crippen molar-refractivity contribution < 1.29 is 13.2 Å². The van der Waals surface area contributed by atoms with Crippen LogP contribution in [0.4, 0.5) is 13.2 Å². The molecule has 4 heteroatoms. The third kappa shape index (κ3) is 2.33. The van der Waals surface area contributed by atoms with E-state index in [-0.39, 0.29) is 11.7 Å². The van der Waals surface area contributed by atoms with Gasteiger partial charge in [-0.05, 0) is 66.1 Å². The van der Waals surface area contributed by atoms with Gasteiger partial charge in [0.1, 0.15) is 17.5 Å². The molecule has 1 aliphatic carbocycles. The maximum Gasteiger partial charge on any atom is 0.150 e. The fourth-order valence-corrected chi connectivity index (χ4v) is 3.65. The minimum absolute atomic E-state index is 0.278. The highest BCUT2D eigenvalue weighted by atomic mass is 19.1. The summed E-state index contributed by atoms with van der Waals surface area (Å²) < 4.78 is 41.0. The summed E-state index contributed by atoms with van der Waals surface area (Å²) in [6.45, 7) is 2.17. The molecule has 0 amide bonds. The van der Waals surface area contributed by atoms with Gasteiger partial charge in [-0.15, -0.1) is 0 Å². The van der Waals surface area contributed by atoms with Crippen molar-refractivity contribution in [3.8, 4) is 11.3 Å². The van der Waals surface area contributed by atoms with Crippen LogP contribution >= 0.6 is 0 Å². The van der Waals surface area contributed by atoms with Crippen LogP contribution in [0.25, 0.3) is 22.2 Å². The average molecular weight is 315 g/mol. The van der Waals surface area contributed by atoms with Gasteiger partial charge in [-0.2, -0.15) is 0 Å². The highest BCUT2D eigenvalue weighted by molar-refractivity contribution is 5.92. The van der Waals surface area contributed by atoms with Crippen LogP contribution in [0.2, 0.25) is 0 Å². The summed E-state index contributed by atoms with van der Waals surface area (Å²) >= 11 is 0. The third-order valence-corrected chi connectivity index (χ3v) is 4.78. The Kier molecular flexibility index (Phi) is 3.22. The quantitative estimate of drug-likeness (QED) is 0.618. The van der Waals surface area contributed by atoms with E-state index in [1.54, 1.807) is 12.1 Å². The molecule has 1 heterocycles. The van der Waals surface area contributed by atoms with Gasteiger partial charge in [0.25, 0.3) is 0 Å². The van der Waals surface area contributed by atoms with E-state index in [0.717, 1.165) is 35.7 Å². The lowest BCUT2D eigenvalue weighted by atomic mass is 9.71. The van der Waals surface area contributed by atoms with Crippen molar-refractivity contribution in [3.63, 3.8) is 0 Å². The first-order chi connectivity index (χ1) is 11.0. The van der Waals surface area contributed by atoms with E-state index in [0.29, 0.717) is 16.8 Å². The van der Waals surface area contributed by atoms with Crippen LogP contribution in [0.15, 0.2) is 36.4 Å². The number of benzene rings is 2. The molecule has 2 aromatic carbocycles. The molecule has 118 valence electrons. The normalized spacial score (nSPS) is 20.7. The van der Waals surface area contributed by atoms with E-state index in [4.69, 9.17) is 0 Å². The van der Waals surface area contributed by atoms with Gasteiger partial charge in [0.15, 0.2) is 0 Å². The number of aromatic amines is 1. The number of nitrogens with one attached hydrogen (secondary N) is 1. The predicted octanol–water partition coefficient (Wildman–Crippen LogP) is 5.77. The van der Waals surface area contributed by atoms with E-state index < -0.39 is 11.6 Å². The lowest BCUT2D eigenvalue weighted by molar-refractivity contribution is 0.290. The van der Waals surface area contributed by atoms with Gasteiger partial charge < -0.3 is 4.98 Å². The average Bonchev–Trinajstić information content (AvgIpc) is 2.84. The Morgan fingerprint density at radius 3 is 2.30 bits per heavy atom. The van der Waals surface area contributed by atoms with Crippen molar-refractivity contribution in [2.75, 3.05) is 0 Å². The van der Waals surface area contributed by atoms with E-state index in [2.05, 4.69) is 11.9 Å². The second-order valence-electron chi connectivity index (χ2n) is 6.50. The Bertz CT molecular complexity index is 874. The molecular weight excluding hydrogens is 299 g/mol. The van der Waals surface area contributed by atoms with E-state index in [1.165, 1.54) is 18.2 Å². The molecule has 0 saturated heterocycles. The molecule has 0 aliphatic heterocycles. The topological polar surface area (TPSA) is 15.8 Å². The Morgan fingerprint density at radius 1 is 0.957 bits per heavy atom. The molecule has 0 spiro atoms. The molecule has 1 saturated carbocycles. The molecular formula is C19H16F3N. The number of fused-ring (bicyclic) bond motifs is 1. The van der Waals surface area contributed by atoms with Gasteiger partial charge >= 0.3 is 0 Å². The fourth-order valence-electron chi connectivity index (χ4n) is 3.65. The summed E-state index contributed by atoms with van der Waals surface area (Å²) in [5, 5.41) is 0.596. The van der Waals surface area contributed by atoms with Gasteiger partial charge in [-0.3, -0.25) is 0 Å². The van der Waals surface area contributed by atoms with Crippen LogP contribution in [0.1, 0.15) is 31.2 Å². The standard InChI is InChI=1S/C19H16F3N/c1-10-6-12(7-10)17-15-8-14(21)9-16(22)19(15)23-18(17)11-2-4-13(20)5-3-11/h2-5,8-10,12,23H,6-7H2,1H3. The highest BCUT2D eigenvalue weighted by Crippen LogP contribution is 2.48. The lowest BCUT2D eigenvalue weighted by Crippen LogP contribution is -2.19. The zero-order valence-electron chi connectivity index (χ0n) is 12.7. The third-order valence-electron chi connectivity index (χ3n) is 4.78. The molecule has 1 nitrogen and oxygen atoms in total. The summed E-state index contributed by atoms with van der Waals surface area (Å²) in [7, 11) is 0. The van der Waals surface area contributed by atoms with Gasteiger partial charge in [0.05, 0.1) is 11.2 Å². The SMILES string of the molecule is CC1CC(c2c(-c3ccc(F)cc3)[nH]c3c(F)cc(F)cc23)C1. The van der Waals surface area contributed by atoms with Crippen LogP contribution in [-0.2, 0) is 0 Å². The molecule has 3 aromatic rings. The highest BCUT2D eigenvalue weighted by Gasteiger charge is 2.32. The lowest BCUT2D eigenvalue weighted by Gasteiger charge is -2.33. The van der Waals surface area contributed by atoms with Crippen molar-refractivity contribution in [1.82, 2.24) is 4.98 Å². The molecule has 0 radical (unpaired) electrons. The van der Waals surface area contributed by atoms with Crippen molar-refractivity contribution in [3.05, 3.63) is 59.4 Å². The Hall–Kier alpha value is -2.23. The minimum atomic E-state index is -0.595. The van der Waals surface area contributed by atoms with E-state index >= 15 is 0 Å². The summed E-state index contributed by atoms with van der Waals surface area (Å²) in [5.74, 6) is -0.597. The zero-order valence-corrected chi connectivity index (χ0v) is 12.7. The summed E-state index contributed by atoms with van der Waals surface area (Å²) in [4.78, 5) is 3.10. The fraction of sp³-hybridized carbons (Fsp3) is 0.263. The van der Waals surface area contributed by atoms with Crippen molar-refractivity contribution in [2.45, 2.75) is 25.7 Å². The largest absolute Gasteiger partial charge is 0.352 e. The summed E-state index contributed by atoms with van der Waals surface area (Å²) in [6.07, 6.45) is 2.00. The first-order valence-corrected chi connectivity index (χ1v) is 7.79. The molecule has 0 bridgehead atoms. The molecule has 1 fully saturated rings. The monoisotopic (exact) mass is 315 g/mol. The first-order valence-electron chi connectivity index (χ1n) is 7.79. The van der Waals surface area contributed by atoms with Gasteiger partial charge in [-0.25, -0.2) is 13.2 Å². The molecule has 1 N–H and O–H groups in total. The summed E-state index contributed by atoms with van der Waals surface area (Å²) in [5.41, 5.74) is 2.82. The van der Waals surface area contributed by atoms with E-state index in [9.17, 15) is 13.2 Å². The smallest absolute Gasteiger partial charge is 0.150 e. The maximum absolute atomic E-state index is 14.2. The molecule has 1 aromatic heterocycles. The molecule has 23 heavy (non-hydrogen) atoms. The van der Waals surface area contributed by atoms with Gasteiger partial charge in [-0.1, -0.05) is 6.92 Å². The van der Waals surface area contributed by atoms with Gasteiger partial charge in [0.2, 0.25) is 0 Å². The summed E-state index contributed by atoms with van der Waals surface area (Å²) in [6, 6.07) is 8.37. The van der Waals surface area contributed by atoms with Crippen LogP contribution in [0.5, 0.6) is 0 Å². The maximum atomic E-state index is 14.2. The predicted molar refractivity (Wildman–Crippen MR) is 84.7 cm³/mol. The minimum Gasteiger partial charge on any atom is -0.352 e. The number of hydrogen-bond donors (Lipinski definition) is 1.